The van der Waals surface area contributed by atoms with Crippen molar-refractivity contribution in [2.24, 2.45) is 11.3 Å². The van der Waals surface area contributed by atoms with E-state index in [1.807, 2.05) is 29.2 Å². The van der Waals surface area contributed by atoms with Gasteiger partial charge in [-0.15, -0.1) is 0 Å². The monoisotopic (exact) mass is 351 g/mol. The highest BCUT2D eigenvalue weighted by Crippen LogP contribution is 2.59. The van der Waals surface area contributed by atoms with Crippen LogP contribution in [0.5, 0.6) is 0 Å². The molecule has 0 aromatic heterocycles. The summed E-state index contributed by atoms with van der Waals surface area (Å²) < 4.78 is 0.979. The van der Waals surface area contributed by atoms with Gasteiger partial charge in [-0.2, -0.15) is 0 Å². The highest BCUT2D eigenvalue weighted by molar-refractivity contribution is 9.10. The number of rotatable bonds is 3. The van der Waals surface area contributed by atoms with Gasteiger partial charge in [-0.05, 0) is 42.4 Å². The van der Waals surface area contributed by atoms with Gasteiger partial charge in [0, 0.05) is 17.6 Å². The predicted octanol–water partition coefficient (Wildman–Crippen LogP) is 2.70. The number of carboxylic acids is 1. The molecule has 1 saturated carbocycles. The minimum Gasteiger partial charge on any atom is -0.481 e. The molecule has 112 valence electrons. The minimum absolute atomic E-state index is 0.0155. The van der Waals surface area contributed by atoms with Crippen molar-refractivity contribution in [3.05, 3.63) is 34.3 Å². The van der Waals surface area contributed by atoms with E-state index in [1.54, 1.807) is 0 Å². The Hall–Kier alpha value is -1.36. The summed E-state index contributed by atoms with van der Waals surface area (Å²) in [7, 11) is 0. The van der Waals surface area contributed by atoms with E-state index in [1.165, 1.54) is 0 Å². The number of hydrogen-bond acceptors (Lipinski definition) is 2. The van der Waals surface area contributed by atoms with Crippen LogP contribution >= 0.6 is 15.9 Å². The van der Waals surface area contributed by atoms with Crippen LogP contribution in [-0.4, -0.2) is 35.0 Å². The van der Waals surface area contributed by atoms with Gasteiger partial charge >= 0.3 is 5.97 Å². The number of halogens is 1. The third-order valence-electron chi connectivity index (χ3n) is 4.84. The molecule has 2 aliphatic rings. The Morgan fingerprint density at radius 2 is 2.05 bits per heavy atom. The molecule has 2 fully saturated rings. The lowest BCUT2D eigenvalue weighted by Gasteiger charge is -2.32. The third-order valence-corrected chi connectivity index (χ3v) is 5.34. The maximum atomic E-state index is 12.3. The van der Waals surface area contributed by atoms with Crippen molar-refractivity contribution in [2.75, 3.05) is 13.1 Å². The van der Waals surface area contributed by atoms with Crippen molar-refractivity contribution in [3.8, 4) is 0 Å². The Bertz CT molecular complexity index is 579. The van der Waals surface area contributed by atoms with Gasteiger partial charge in [-0.1, -0.05) is 28.1 Å². The van der Waals surface area contributed by atoms with Crippen LogP contribution in [0.1, 0.15) is 24.8 Å². The van der Waals surface area contributed by atoms with Crippen molar-refractivity contribution in [3.63, 3.8) is 0 Å². The Labute approximate surface area is 132 Å². The van der Waals surface area contributed by atoms with Gasteiger partial charge in [0.2, 0.25) is 5.91 Å². The van der Waals surface area contributed by atoms with Crippen molar-refractivity contribution in [2.45, 2.75) is 25.7 Å². The van der Waals surface area contributed by atoms with Gasteiger partial charge in [0.05, 0.1) is 12.3 Å². The largest absolute Gasteiger partial charge is 0.481 e. The molecule has 1 saturated heterocycles. The molecular formula is C16H18BrNO3. The smallest absolute Gasteiger partial charge is 0.307 e. The highest BCUT2D eigenvalue weighted by atomic mass is 79.9. The Morgan fingerprint density at radius 1 is 1.33 bits per heavy atom. The average molecular weight is 352 g/mol. The molecule has 3 rings (SSSR count). The van der Waals surface area contributed by atoms with Crippen LogP contribution in [-0.2, 0) is 16.0 Å². The first-order chi connectivity index (χ1) is 10.00. The Balaban J connectivity index is 1.55. The van der Waals surface area contributed by atoms with E-state index in [2.05, 4.69) is 15.9 Å². The molecule has 1 atom stereocenters. The van der Waals surface area contributed by atoms with Crippen molar-refractivity contribution >= 4 is 27.8 Å². The van der Waals surface area contributed by atoms with E-state index < -0.39 is 5.97 Å². The standard InChI is InChI=1S/C16H18BrNO3/c17-12-3-1-2-11(8-12)9-14(19)18-6-4-16(5-7-18)10-13(16)15(20)21/h1-3,8,13H,4-7,9-10H2,(H,20,21). The molecule has 0 bridgehead atoms. The number of aliphatic carboxylic acids is 1. The lowest BCUT2D eigenvalue weighted by Crippen LogP contribution is -2.40. The van der Waals surface area contributed by atoms with Gasteiger partial charge in [0.25, 0.3) is 0 Å². The normalized spacial score (nSPS) is 23.1. The molecule has 1 unspecified atom stereocenters. The summed E-state index contributed by atoms with van der Waals surface area (Å²) in [6.45, 7) is 1.38. The summed E-state index contributed by atoms with van der Waals surface area (Å²) in [5.41, 5.74) is 0.989. The molecule has 1 aliphatic heterocycles. The third kappa shape index (κ3) is 2.98. The van der Waals surface area contributed by atoms with Crippen LogP contribution in [0, 0.1) is 11.3 Å². The number of hydrogen-bond donors (Lipinski definition) is 1. The number of carbonyl (C=O) groups is 2. The number of carbonyl (C=O) groups excluding carboxylic acids is 1. The van der Waals surface area contributed by atoms with Gasteiger partial charge < -0.3 is 10.0 Å². The Kier molecular flexibility index (Phi) is 3.78. The molecule has 1 aromatic carbocycles. The zero-order valence-electron chi connectivity index (χ0n) is 11.7. The van der Waals surface area contributed by atoms with Crippen LogP contribution < -0.4 is 0 Å². The predicted molar refractivity (Wildman–Crippen MR) is 81.8 cm³/mol. The minimum atomic E-state index is -0.677. The van der Waals surface area contributed by atoms with Gasteiger partial charge in [-0.3, -0.25) is 9.59 Å². The van der Waals surface area contributed by atoms with Crippen molar-refractivity contribution in [1.82, 2.24) is 4.90 Å². The number of likely N-dealkylation sites (tertiary alicyclic amines) is 1. The average Bonchev–Trinajstić information content (AvgIpc) is 3.14. The molecule has 0 radical (unpaired) electrons. The van der Waals surface area contributed by atoms with Crippen LogP contribution in [0.25, 0.3) is 0 Å². The fourth-order valence-corrected chi connectivity index (χ4v) is 3.83. The fourth-order valence-electron chi connectivity index (χ4n) is 3.38. The summed E-state index contributed by atoms with van der Waals surface area (Å²) in [5.74, 6) is -0.723. The highest BCUT2D eigenvalue weighted by Gasteiger charge is 2.59. The van der Waals surface area contributed by atoms with E-state index >= 15 is 0 Å². The summed E-state index contributed by atoms with van der Waals surface area (Å²) in [4.78, 5) is 25.2. The summed E-state index contributed by atoms with van der Waals surface area (Å²) in [6.07, 6.45) is 2.85. The molecule has 1 N–H and O–H groups in total. The van der Waals surface area contributed by atoms with E-state index in [0.717, 1.165) is 29.3 Å². The SMILES string of the molecule is O=C(O)C1CC12CCN(C(=O)Cc1cccc(Br)c1)CC2. The Morgan fingerprint density at radius 3 is 2.62 bits per heavy atom. The zero-order valence-corrected chi connectivity index (χ0v) is 13.3. The number of benzene rings is 1. The van der Waals surface area contributed by atoms with Gasteiger partial charge in [-0.25, -0.2) is 0 Å². The first kappa shape index (κ1) is 14.6. The maximum absolute atomic E-state index is 12.3. The van der Waals surface area contributed by atoms with Crippen LogP contribution in [0.2, 0.25) is 0 Å². The van der Waals surface area contributed by atoms with Crippen LogP contribution in [0.3, 0.4) is 0 Å². The van der Waals surface area contributed by atoms with Crippen LogP contribution in [0.4, 0.5) is 0 Å². The maximum Gasteiger partial charge on any atom is 0.307 e. The number of nitrogens with zero attached hydrogens (tertiary/aromatic N) is 1. The number of carboxylic acid groups (broad SMARTS) is 1. The fraction of sp³-hybridized carbons (Fsp3) is 0.500. The molecule has 1 aromatic rings. The second-order valence-corrected chi connectivity index (χ2v) is 7.06. The van der Waals surface area contributed by atoms with Crippen LogP contribution in [0.15, 0.2) is 28.7 Å². The topological polar surface area (TPSA) is 57.6 Å². The zero-order chi connectivity index (χ0) is 15.0. The second kappa shape index (κ2) is 5.44. The molecular weight excluding hydrogens is 334 g/mol. The molecule has 21 heavy (non-hydrogen) atoms. The van der Waals surface area contributed by atoms with Gasteiger partial charge in [0.1, 0.15) is 0 Å². The molecule has 1 aliphatic carbocycles. The van der Waals surface area contributed by atoms with E-state index in [-0.39, 0.29) is 17.2 Å². The van der Waals surface area contributed by atoms with Gasteiger partial charge in [0.15, 0.2) is 0 Å². The molecule has 1 heterocycles. The molecule has 1 amide bonds. The van der Waals surface area contributed by atoms with E-state index in [0.29, 0.717) is 19.5 Å². The summed E-state index contributed by atoms with van der Waals surface area (Å²) in [6, 6.07) is 7.79. The second-order valence-electron chi connectivity index (χ2n) is 6.14. The van der Waals surface area contributed by atoms with Crippen molar-refractivity contribution in [1.29, 1.82) is 0 Å². The quantitative estimate of drug-likeness (QED) is 0.910. The molecule has 1 spiro atoms. The van der Waals surface area contributed by atoms with E-state index in [4.69, 9.17) is 5.11 Å². The lowest BCUT2D eigenvalue weighted by molar-refractivity contribution is -0.139. The lowest BCUT2D eigenvalue weighted by atomic mass is 9.90. The number of amides is 1. The van der Waals surface area contributed by atoms with E-state index in [9.17, 15) is 9.59 Å². The summed E-state index contributed by atoms with van der Waals surface area (Å²) in [5, 5.41) is 9.08. The molecule has 4 nitrogen and oxygen atoms in total. The number of piperidine rings is 1. The van der Waals surface area contributed by atoms with Crippen molar-refractivity contribution < 1.29 is 14.7 Å². The summed E-state index contributed by atoms with van der Waals surface area (Å²) >= 11 is 3.41. The first-order valence-electron chi connectivity index (χ1n) is 7.25. The first-order valence-corrected chi connectivity index (χ1v) is 8.04. The molecule has 5 heteroatoms.